The van der Waals surface area contributed by atoms with E-state index < -0.39 is 16.0 Å². The first-order valence-corrected chi connectivity index (χ1v) is 8.82. The van der Waals surface area contributed by atoms with Crippen LogP contribution in [-0.2, 0) is 10.1 Å². The first-order valence-electron chi connectivity index (χ1n) is 6.53. The van der Waals surface area contributed by atoms with Gasteiger partial charge in [0.2, 0.25) is 0 Å². The Bertz CT molecular complexity index is 991. The molecular weight excluding hydrogens is 334 g/mol. The molecule has 0 aliphatic carbocycles. The van der Waals surface area contributed by atoms with Crippen molar-refractivity contribution in [2.75, 3.05) is 0 Å². The van der Waals surface area contributed by atoms with Gasteiger partial charge in [0.1, 0.15) is 10.6 Å². The summed E-state index contributed by atoms with van der Waals surface area (Å²) in [7, 11) is -3.92. The maximum atomic E-state index is 12.2. The van der Waals surface area contributed by atoms with Crippen molar-refractivity contribution in [1.82, 2.24) is 0 Å². The molecule has 23 heavy (non-hydrogen) atoms. The summed E-state index contributed by atoms with van der Waals surface area (Å²) < 4.78 is 30.5. The van der Waals surface area contributed by atoms with Crippen LogP contribution < -0.4 is 4.18 Å². The zero-order valence-electron chi connectivity index (χ0n) is 11.8. The molecule has 5 nitrogen and oxygen atoms in total. The molecule has 1 amide bonds. The molecule has 2 aromatic carbocycles. The molecule has 0 saturated carbocycles. The number of aliphatic imine (C=N–C) groups is 1. The van der Waals surface area contributed by atoms with Crippen LogP contribution in [0.2, 0.25) is 0 Å². The average molecular weight is 345 g/mol. The summed E-state index contributed by atoms with van der Waals surface area (Å²) in [6, 6.07) is 12.6. The number of carbonyl (C=O) groups excluding carboxylic acids is 1. The van der Waals surface area contributed by atoms with Crippen molar-refractivity contribution in [3.8, 4) is 5.75 Å². The van der Waals surface area contributed by atoms with E-state index in [0.29, 0.717) is 10.9 Å². The van der Waals surface area contributed by atoms with Gasteiger partial charge in [0.25, 0.3) is 5.91 Å². The molecule has 0 atom stereocenters. The molecule has 3 aromatic rings. The zero-order valence-corrected chi connectivity index (χ0v) is 13.4. The molecule has 116 valence electrons. The zero-order chi connectivity index (χ0) is 16.4. The molecule has 0 aliphatic rings. The number of carbonyl (C=O) groups is 1. The third-order valence-electron chi connectivity index (χ3n) is 3.16. The SMILES string of the molecule is C=NC(=O)c1csc2ccc(OS(=O)(=O)c3ccccc3)cc12. The third-order valence-corrected chi connectivity index (χ3v) is 5.38. The number of benzene rings is 2. The van der Waals surface area contributed by atoms with Gasteiger partial charge in [-0.25, -0.2) is 4.99 Å². The van der Waals surface area contributed by atoms with Gasteiger partial charge in [0.15, 0.2) is 0 Å². The number of hydrogen-bond acceptors (Lipinski definition) is 5. The minimum Gasteiger partial charge on any atom is -0.379 e. The highest BCUT2D eigenvalue weighted by molar-refractivity contribution is 7.87. The van der Waals surface area contributed by atoms with E-state index in [2.05, 4.69) is 11.7 Å². The molecular formula is C16H11NO4S2. The van der Waals surface area contributed by atoms with E-state index >= 15 is 0 Å². The molecule has 0 fully saturated rings. The largest absolute Gasteiger partial charge is 0.379 e. The van der Waals surface area contributed by atoms with Crippen molar-refractivity contribution in [2.45, 2.75) is 4.90 Å². The molecule has 0 unspecified atom stereocenters. The van der Waals surface area contributed by atoms with Gasteiger partial charge in [-0.15, -0.1) is 11.3 Å². The summed E-state index contributed by atoms with van der Waals surface area (Å²) in [6.45, 7) is 3.22. The quantitative estimate of drug-likeness (QED) is 0.536. The number of thiophene rings is 1. The van der Waals surface area contributed by atoms with Gasteiger partial charge in [0, 0.05) is 15.5 Å². The molecule has 0 bridgehead atoms. The van der Waals surface area contributed by atoms with Crippen LogP contribution in [0.5, 0.6) is 5.75 Å². The minimum absolute atomic E-state index is 0.0643. The molecule has 3 rings (SSSR count). The second-order valence-corrected chi connectivity index (χ2v) is 7.08. The predicted octanol–water partition coefficient (Wildman–Crippen LogP) is 3.51. The second-order valence-electron chi connectivity index (χ2n) is 4.62. The van der Waals surface area contributed by atoms with E-state index in [1.165, 1.54) is 29.5 Å². The van der Waals surface area contributed by atoms with E-state index in [-0.39, 0.29) is 10.6 Å². The second kappa shape index (κ2) is 5.94. The van der Waals surface area contributed by atoms with E-state index in [1.807, 2.05) is 0 Å². The molecule has 0 aliphatic heterocycles. The molecule has 0 radical (unpaired) electrons. The normalized spacial score (nSPS) is 11.3. The Morgan fingerprint density at radius 1 is 1.13 bits per heavy atom. The van der Waals surface area contributed by atoms with Crippen LogP contribution in [0, 0.1) is 0 Å². The van der Waals surface area contributed by atoms with E-state index in [4.69, 9.17) is 4.18 Å². The molecule has 1 aromatic heterocycles. The minimum atomic E-state index is -3.92. The van der Waals surface area contributed by atoms with Crippen LogP contribution in [0.4, 0.5) is 0 Å². The molecule has 0 N–H and O–H groups in total. The van der Waals surface area contributed by atoms with Crippen LogP contribution in [0.3, 0.4) is 0 Å². The van der Waals surface area contributed by atoms with Gasteiger partial charge in [-0.3, -0.25) is 4.79 Å². The topological polar surface area (TPSA) is 72.8 Å². The monoisotopic (exact) mass is 345 g/mol. The van der Waals surface area contributed by atoms with E-state index in [0.717, 1.165) is 4.70 Å². The van der Waals surface area contributed by atoms with Gasteiger partial charge in [-0.1, -0.05) is 18.2 Å². The molecule has 0 spiro atoms. The summed E-state index contributed by atoms with van der Waals surface area (Å²) in [4.78, 5) is 15.2. The Morgan fingerprint density at radius 3 is 2.57 bits per heavy atom. The number of hydrogen-bond donors (Lipinski definition) is 0. The number of rotatable bonds is 4. The molecule has 7 heteroatoms. The van der Waals surface area contributed by atoms with Crippen molar-refractivity contribution >= 4 is 44.2 Å². The maximum absolute atomic E-state index is 12.2. The van der Waals surface area contributed by atoms with Crippen molar-refractivity contribution in [3.63, 3.8) is 0 Å². The Balaban J connectivity index is 2.01. The third kappa shape index (κ3) is 3.01. The highest BCUT2D eigenvalue weighted by Crippen LogP contribution is 2.31. The number of amides is 1. The van der Waals surface area contributed by atoms with Gasteiger partial charge in [-0.2, -0.15) is 8.42 Å². The standard InChI is InChI=1S/C16H11NO4S2/c1-17-16(18)14-10-22-15-8-7-11(9-13(14)15)21-23(19,20)12-5-3-2-4-6-12/h2-10H,1H2. The van der Waals surface area contributed by atoms with Gasteiger partial charge < -0.3 is 4.18 Å². The smallest absolute Gasteiger partial charge is 0.339 e. The Kier molecular flexibility index (Phi) is 3.97. The fraction of sp³-hybridized carbons (Fsp3) is 0. The lowest BCUT2D eigenvalue weighted by Crippen LogP contribution is -2.09. The number of nitrogens with zero attached hydrogens (tertiary/aromatic N) is 1. The summed E-state index contributed by atoms with van der Waals surface area (Å²) in [6.07, 6.45) is 0. The Labute approximate surface area is 137 Å². The fourth-order valence-electron chi connectivity index (χ4n) is 2.07. The van der Waals surface area contributed by atoms with Crippen LogP contribution in [0.25, 0.3) is 10.1 Å². The first-order chi connectivity index (χ1) is 11.0. The highest BCUT2D eigenvalue weighted by Gasteiger charge is 2.17. The van der Waals surface area contributed by atoms with Crippen molar-refractivity contribution < 1.29 is 17.4 Å². The van der Waals surface area contributed by atoms with Crippen LogP contribution in [-0.4, -0.2) is 21.0 Å². The lowest BCUT2D eigenvalue weighted by Gasteiger charge is -2.07. The fourth-order valence-corrected chi connectivity index (χ4v) is 3.93. The lowest BCUT2D eigenvalue weighted by atomic mass is 10.1. The first kappa shape index (κ1) is 15.4. The van der Waals surface area contributed by atoms with Gasteiger partial charge in [0.05, 0.1) is 5.56 Å². The van der Waals surface area contributed by atoms with Crippen LogP contribution in [0.1, 0.15) is 10.4 Å². The Hall–Kier alpha value is -2.51. The summed E-state index contributed by atoms with van der Waals surface area (Å²) in [5.74, 6) is -0.322. The van der Waals surface area contributed by atoms with Gasteiger partial charge in [-0.05, 0) is 37.0 Å². The summed E-state index contributed by atoms with van der Waals surface area (Å²) >= 11 is 1.37. The summed E-state index contributed by atoms with van der Waals surface area (Å²) in [5, 5.41) is 2.25. The van der Waals surface area contributed by atoms with Gasteiger partial charge >= 0.3 is 10.1 Å². The molecule has 0 saturated heterocycles. The molecule has 1 heterocycles. The van der Waals surface area contributed by atoms with Crippen LogP contribution in [0.15, 0.2) is 63.8 Å². The summed E-state index contributed by atoms with van der Waals surface area (Å²) in [5.41, 5.74) is 0.377. The van der Waals surface area contributed by atoms with Crippen molar-refractivity contribution in [3.05, 3.63) is 59.5 Å². The maximum Gasteiger partial charge on any atom is 0.339 e. The van der Waals surface area contributed by atoms with Crippen molar-refractivity contribution in [1.29, 1.82) is 0 Å². The predicted molar refractivity (Wildman–Crippen MR) is 90.0 cm³/mol. The average Bonchev–Trinajstić information content (AvgIpc) is 2.98. The number of fused-ring (bicyclic) bond motifs is 1. The van der Waals surface area contributed by atoms with E-state index in [1.54, 1.807) is 35.7 Å². The highest BCUT2D eigenvalue weighted by atomic mass is 32.2. The van der Waals surface area contributed by atoms with Crippen LogP contribution >= 0.6 is 11.3 Å². The lowest BCUT2D eigenvalue weighted by molar-refractivity contribution is 0.101. The van der Waals surface area contributed by atoms with Crippen molar-refractivity contribution in [2.24, 2.45) is 4.99 Å². The van der Waals surface area contributed by atoms with E-state index in [9.17, 15) is 13.2 Å². The Morgan fingerprint density at radius 2 is 1.87 bits per heavy atom.